The molecule has 0 radical (unpaired) electrons. The standard InChI is InChI=1S/C25H30F3N5O3/c1-16-22(29-15-30-23(16)31-18-4-2-3-17(13-18)25(26,27)28)24(34)32-8-5-19(6-9-32)33-10-12-36-21-14-35-11-7-20(21)33/h2-4,13,15,19-21H,5-12,14H2,1H3,(H,29,30,31). The van der Waals surface area contributed by atoms with Crippen molar-refractivity contribution in [2.75, 3.05) is 44.8 Å². The fourth-order valence-electron chi connectivity index (χ4n) is 5.42. The van der Waals surface area contributed by atoms with Crippen molar-refractivity contribution in [2.45, 2.75) is 50.6 Å². The van der Waals surface area contributed by atoms with E-state index in [4.69, 9.17) is 9.47 Å². The quantitative estimate of drug-likeness (QED) is 0.680. The van der Waals surface area contributed by atoms with Crippen LogP contribution in [0.1, 0.15) is 40.9 Å². The van der Waals surface area contributed by atoms with Crippen molar-refractivity contribution in [2.24, 2.45) is 0 Å². The minimum absolute atomic E-state index is 0.124. The Morgan fingerprint density at radius 1 is 1.11 bits per heavy atom. The average molecular weight is 506 g/mol. The van der Waals surface area contributed by atoms with E-state index < -0.39 is 11.7 Å². The third kappa shape index (κ3) is 5.18. The molecule has 3 aliphatic rings. The summed E-state index contributed by atoms with van der Waals surface area (Å²) in [6.45, 7) is 5.93. The SMILES string of the molecule is Cc1c(Nc2cccc(C(F)(F)F)c2)ncnc1C(=O)N1CCC(N2CCOC3COCCC32)CC1. The normalized spacial score (nSPS) is 23.8. The second-order valence-electron chi connectivity index (χ2n) is 9.50. The van der Waals surface area contributed by atoms with Crippen molar-refractivity contribution >= 4 is 17.4 Å². The van der Waals surface area contributed by atoms with E-state index in [2.05, 4.69) is 20.2 Å². The van der Waals surface area contributed by atoms with Crippen molar-refractivity contribution in [1.29, 1.82) is 0 Å². The lowest BCUT2D eigenvalue weighted by atomic mass is 9.95. The largest absolute Gasteiger partial charge is 0.416 e. The molecule has 0 saturated carbocycles. The highest BCUT2D eigenvalue weighted by Gasteiger charge is 2.39. The van der Waals surface area contributed by atoms with Crippen LogP contribution >= 0.6 is 0 Å². The lowest BCUT2D eigenvalue weighted by Gasteiger charge is -2.49. The Labute approximate surface area is 207 Å². The van der Waals surface area contributed by atoms with Crippen molar-refractivity contribution in [3.63, 3.8) is 0 Å². The van der Waals surface area contributed by atoms with Gasteiger partial charge in [0.25, 0.3) is 5.91 Å². The van der Waals surface area contributed by atoms with Gasteiger partial charge < -0.3 is 19.7 Å². The number of likely N-dealkylation sites (tertiary alicyclic amines) is 1. The number of aromatic nitrogens is 2. The lowest BCUT2D eigenvalue weighted by molar-refractivity contribution is -0.148. The van der Waals surface area contributed by atoms with Gasteiger partial charge in [0.05, 0.1) is 24.9 Å². The maximum atomic E-state index is 13.3. The Kier molecular flexibility index (Phi) is 7.14. The van der Waals surface area contributed by atoms with Crippen molar-refractivity contribution < 1.29 is 27.4 Å². The Bertz CT molecular complexity index is 1090. The summed E-state index contributed by atoms with van der Waals surface area (Å²) in [5.41, 5.74) is 0.238. The summed E-state index contributed by atoms with van der Waals surface area (Å²) in [6, 6.07) is 5.65. The van der Waals surface area contributed by atoms with Crippen LogP contribution in [0.3, 0.4) is 0 Å². The van der Waals surface area contributed by atoms with E-state index >= 15 is 0 Å². The third-order valence-corrected chi connectivity index (χ3v) is 7.34. The number of nitrogens with zero attached hydrogens (tertiary/aromatic N) is 4. The van der Waals surface area contributed by atoms with Crippen LogP contribution in [-0.2, 0) is 15.7 Å². The van der Waals surface area contributed by atoms with E-state index in [0.29, 0.717) is 49.8 Å². The van der Waals surface area contributed by atoms with E-state index in [-0.39, 0.29) is 23.4 Å². The second kappa shape index (κ2) is 10.3. The van der Waals surface area contributed by atoms with Crippen LogP contribution in [0.2, 0.25) is 0 Å². The second-order valence-corrected chi connectivity index (χ2v) is 9.50. The molecule has 1 aromatic carbocycles. The van der Waals surface area contributed by atoms with E-state index in [1.807, 2.05) is 4.90 Å². The number of carbonyl (C=O) groups excluding carboxylic acids is 1. The summed E-state index contributed by atoms with van der Waals surface area (Å²) in [5.74, 6) is 0.118. The third-order valence-electron chi connectivity index (χ3n) is 7.34. The fourth-order valence-corrected chi connectivity index (χ4v) is 5.42. The molecular weight excluding hydrogens is 475 g/mol. The zero-order valence-electron chi connectivity index (χ0n) is 20.1. The Hall–Kier alpha value is -2.76. The summed E-state index contributed by atoms with van der Waals surface area (Å²) in [4.78, 5) is 26.1. The maximum Gasteiger partial charge on any atom is 0.416 e. The molecule has 11 heteroatoms. The molecule has 8 nitrogen and oxygen atoms in total. The van der Waals surface area contributed by atoms with Gasteiger partial charge in [-0.15, -0.1) is 0 Å². The van der Waals surface area contributed by atoms with Crippen LogP contribution in [0, 0.1) is 6.92 Å². The predicted molar refractivity (Wildman–Crippen MR) is 126 cm³/mol. The number of fused-ring (bicyclic) bond motifs is 1. The van der Waals surface area contributed by atoms with Crippen molar-refractivity contribution in [3.05, 3.63) is 47.4 Å². The van der Waals surface area contributed by atoms with Gasteiger partial charge >= 0.3 is 6.18 Å². The number of hydrogen-bond acceptors (Lipinski definition) is 7. The van der Waals surface area contributed by atoms with Gasteiger partial charge in [0.15, 0.2) is 0 Å². The fraction of sp³-hybridized carbons (Fsp3) is 0.560. The lowest BCUT2D eigenvalue weighted by Crippen LogP contribution is -2.60. The summed E-state index contributed by atoms with van der Waals surface area (Å²) in [7, 11) is 0. The van der Waals surface area contributed by atoms with Gasteiger partial charge in [-0.05, 0) is 44.4 Å². The zero-order chi connectivity index (χ0) is 25.3. The smallest absolute Gasteiger partial charge is 0.379 e. The summed E-state index contributed by atoms with van der Waals surface area (Å²) < 4.78 is 50.7. The number of piperidine rings is 1. The first-order chi connectivity index (χ1) is 17.3. The number of carbonyl (C=O) groups is 1. The number of anilines is 2. The van der Waals surface area contributed by atoms with Crippen LogP contribution in [-0.4, -0.2) is 83.3 Å². The van der Waals surface area contributed by atoms with E-state index in [0.717, 1.165) is 44.5 Å². The number of amides is 1. The number of benzene rings is 1. The Morgan fingerprint density at radius 2 is 1.92 bits per heavy atom. The minimum atomic E-state index is -4.45. The molecule has 1 N–H and O–H groups in total. The highest BCUT2D eigenvalue weighted by atomic mass is 19.4. The molecule has 194 valence electrons. The zero-order valence-corrected chi connectivity index (χ0v) is 20.1. The average Bonchev–Trinajstić information content (AvgIpc) is 2.89. The van der Waals surface area contributed by atoms with Crippen LogP contribution in [0.25, 0.3) is 0 Å². The summed E-state index contributed by atoms with van der Waals surface area (Å²) in [6.07, 6.45) is -0.352. The molecule has 5 rings (SSSR count). The van der Waals surface area contributed by atoms with Gasteiger partial charge in [0, 0.05) is 49.6 Å². The number of nitrogens with one attached hydrogen (secondary N) is 1. The molecule has 2 unspecified atom stereocenters. The van der Waals surface area contributed by atoms with E-state index in [9.17, 15) is 18.0 Å². The van der Waals surface area contributed by atoms with Gasteiger partial charge in [-0.3, -0.25) is 9.69 Å². The summed E-state index contributed by atoms with van der Waals surface area (Å²) in [5, 5.41) is 2.91. The van der Waals surface area contributed by atoms with Gasteiger partial charge in [0.2, 0.25) is 0 Å². The van der Waals surface area contributed by atoms with Gasteiger partial charge in [-0.1, -0.05) is 6.07 Å². The van der Waals surface area contributed by atoms with Crippen LogP contribution in [0.5, 0.6) is 0 Å². The Balaban J connectivity index is 1.24. The highest BCUT2D eigenvalue weighted by Crippen LogP contribution is 2.32. The predicted octanol–water partition coefficient (Wildman–Crippen LogP) is 3.64. The first-order valence-corrected chi connectivity index (χ1v) is 12.3. The number of halogens is 3. The van der Waals surface area contributed by atoms with Gasteiger partial charge in [-0.25, -0.2) is 9.97 Å². The van der Waals surface area contributed by atoms with E-state index in [1.165, 1.54) is 18.5 Å². The van der Waals surface area contributed by atoms with Gasteiger partial charge in [-0.2, -0.15) is 13.2 Å². The molecule has 36 heavy (non-hydrogen) atoms. The molecule has 1 amide bonds. The molecule has 0 aliphatic carbocycles. The van der Waals surface area contributed by atoms with Crippen LogP contribution in [0.15, 0.2) is 30.6 Å². The highest BCUT2D eigenvalue weighted by molar-refractivity contribution is 5.95. The Morgan fingerprint density at radius 3 is 2.69 bits per heavy atom. The monoisotopic (exact) mass is 505 g/mol. The molecule has 0 bridgehead atoms. The van der Waals surface area contributed by atoms with Crippen LogP contribution in [0.4, 0.5) is 24.7 Å². The number of ether oxygens (including phenoxy) is 2. The molecule has 0 spiro atoms. The number of morpholine rings is 1. The number of hydrogen-bond donors (Lipinski definition) is 1. The topological polar surface area (TPSA) is 79.8 Å². The number of alkyl halides is 3. The molecule has 4 heterocycles. The van der Waals surface area contributed by atoms with Crippen molar-refractivity contribution in [1.82, 2.24) is 19.8 Å². The van der Waals surface area contributed by atoms with E-state index in [1.54, 1.807) is 6.92 Å². The maximum absolute atomic E-state index is 13.3. The molecule has 3 aliphatic heterocycles. The summed E-state index contributed by atoms with van der Waals surface area (Å²) >= 11 is 0. The molecule has 2 aromatic rings. The first-order valence-electron chi connectivity index (χ1n) is 12.3. The molecular formula is C25H30F3N5O3. The first kappa shape index (κ1) is 24.9. The number of rotatable bonds is 4. The molecule has 3 saturated heterocycles. The van der Waals surface area contributed by atoms with Crippen molar-refractivity contribution in [3.8, 4) is 0 Å². The molecule has 1 aromatic heterocycles. The van der Waals surface area contributed by atoms with Gasteiger partial charge in [0.1, 0.15) is 17.8 Å². The molecule has 3 fully saturated rings. The molecule has 2 atom stereocenters. The minimum Gasteiger partial charge on any atom is -0.379 e. The van der Waals surface area contributed by atoms with Crippen LogP contribution < -0.4 is 5.32 Å².